The molecule has 104 valence electrons. The van der Waals surface area contributed by atoms with Crippen LogP contribution in [0.15, 0.2) is 23.2 Å². The first kappa shape index (κ1) is 14.4. The maximum Gasteiger partial charge on any atom is 0.244 e. The van der Waals surface area contributed by atoms with Gasteiger partial charge in [0, 0.05) is 18.8 Å². The van der Waals surface area contributed by atoms with Crippen LogP contribution < -0.4 is 5.73 Å². The molecule has 1 aliphatic rings. The molecule has 5 nitrogen and oxygen atoms in total. The number of nitrogens with two attached hydrogens (primary N) is 1. The molecular formula is C12H17N3O2S2. The molecule has 2 N–H and O–H groups in total. The molecule has 0 atom stereocenters. The first-order valence-corrected chi connectivity index (χ1v) is 8.09. The monoisotopic (exact) mass is 299 g/mol. The molecule has 1 heterocycles. The van der Waals surface area contributed by atoms with Crippen LogP contribution in [0.2, 0.25) is 0 Å². The van der Waals surface area contributed by atoms with E-state index in [1.807, 2.05) is 6.92 Å². The van der Waals surface area contributed by atoms with Crippen LogP contribution in [-0.4, -0.2) is 35.3 Å². The zero-order valence-corrected chi connectivity index (χ0v) is 12.4. The van der Waals surface area contributed by atoms with E-state index >= 15 is 0 Å². The van der Waals surface area contributed by atoms with Crippen LogP contribution in [-0.2, 0) is 10.0 Å². The largest absolute Gasteiger partial charge is 0.388 e. The Labute approximate surface area is 118 Å². The molecule has 1 aromatic heterocycles. The van der Waals surface area contributed by atoms with Crippen molar-refractivity contribution in [1.29, 1.82) is 0 Å². The molecule has 0 aliphatic heterocycles. The van der Waals surface area contributed by atoms with Gasteiger partial charge in [-0.1, -0.05) is 19.1 Å². The molecule has 0 saturated heterocycles. The van der Waals surface area contributed by atoms with E-state index in [1.165, 1.54) is 12.3 Å². The maximum absolute atomic E-state index is 12.5. The Kier molecular flexibility index (Phi) is 4.17. The second-order valence-corrected chi connectivity index (χ2v) is 6.92. The molecule has 0 spiro atoms. The average molecular weight is 299 g/mol. The average Bonchev–Trinajstić information content (AvgIpc) is 3.20. The Morgan fingerprint density at radius 1 is 1.53 bits per heavy atom. The fourth-order valence-electron chi connectivity index (χ4n) is 1.90. The Bertz CT molecular complexity index is 565. The summed E-state index contributed by atoms with van der Waals surface area (Å²) in [6.45, 7) is 2.52. The first-order chi connectivity index (χ1) is 8.96. The van der Waals surface area contributed by atoms with Crippen LogP contribution in [0.25, 0.3) is 0 Å². The van der Waals surface area contributed by atoms with E-state index in [9.17, 15) is 8.42 Å². The van der Waals surface area contributed by atoms with Crippen molar-refractivity contribution < 1.29 is 8.42 Å². The molecule has 0 aromatic carbocycles. The first-order valence-electron chi connectivity index (χ1n) is 6.24. The van der Waals surface area contributed by atoms with Gasteiger partial charge in [0.25, 0.3) is 0 Å². The zero-order chi connectivity index (χ0) is 14.0. The van der Waals surface area contributed by atoms with E-state index in [4.69, 9.17) is 18.0 Å². The number of hydrogen-bond acceptors (Lipinski definition) is 4. The van der Waals surface area contributed by atoms with Crippen molar-refractivity contribution in [2.24, 2.45) is 5.73 Å². The van der Waals surface area contributed by atoms with Crippen molar-refractivity contribution in [3.05, 3.63) is 24.0 Å². The highest BCUT2D eigenvalue weighted by Crippen LogP contribution is 2.31. The lowest BCUT2D eigenvalue weighted by Gasteiger charge is -2.21. The van der Waals surface area contributed by atoms with Crippen LogP contribution >= 0.6 is 12.2 Å². The predicted octanol–water partition coefficient (Wildman–Crippen LogP) is 1.28. The minimum Gasteiger partial charge on any atom is -0.388 e. The van der Waals surface area contributed by atoms with Gasteiger partial charge >= 0.3 is 0 Å². The van der Waals surface area contributed by atoms with Crippen LogP contribution in [0.5, 0.6) is 0 Å². The fraction of sp³-hybridized carbons (Fsp3) is 0.500. The Morgan fingerprint density at radius 3 is 2.63 bits per heavy atom. The van der Waals surface area contributed by atoms with Crippen LogP contribution in [0.1, 0.15) is 31.9 Å². The minimum absolute atomic E-state index is 0.153. The second-order valence-electron chi connectivity index (χ2n) is 4.59. The molecule has 19 heavy (non-hydrogen) atoms. The van der Waals surface area contributed by atoms with Crippen molar-refractivity contribution >= 4 is 27.2 Å². The summed E-state index contributed by atoms with van der Waals surface area (Å²) >= 11 is 4.80. The molecule has 0 amide bonds. The van der Waals surface area contributed by atoms with Gasteiger partial charge in [0.2, 0.25) is 10.0 Å². The van der Waals surface area contributed by atoms with E-state index < -0.39 is 10.0 Å². The third-order valence-corrected chi connectivity index (χ3v) is 5.14. The topological polar surface area (TPSA) is 76.3 Å². The number of sulfonamides is 1. The highest BCUT2D eigenvalue weighted by atomic mass is 32.2. The Hall–Kier alpha value is -1.05. The number of pyridine rings is 1. The number of nitrogens with zero attached hydrogens (tertiary/aromatic N) is 2. The molecular weight excluding hydrogens is 282 g/mol. The van der Waals surface area contributed by atoms with Crippen molar-refractivity contribution in [2.75, 3.05) is 6.54 Å². The van der Waals surface area contributed by atoms with Crippen molar-refractivity contribution in [2.45, 2.75) is 37.1 Å². The van der Waals surface area contributed by atoms with Crippen LogP contribution in [0.4, 0.5) is 0 Å². The highest BCUT2D eigenvalue weighted by Gasteiger charge is 2.37. The zero-order valence-electron chi connectivity index (χ0n) is 10.7. The molecule has 7 heteroatoms. The molecule has 1 saturated carbocycles. The van der Waals surface area contributed by atoms with Crippen LogP contribution in [0, 0.1) is 0 Å². The van der Waals surface area contributed by atoms with E-state index in [1.54, 1.807) is 10.4 Å². The summed E-state index contributed by atoms with van der Waals surface area (Å²) in [5.41, 5.74) is 5.88. The Morgan fingerprint density at radius 2 is 2.21 bits per heavy atom. The summed E-state index contributed by atoms with van der Waals surface area (Å²) in [4.78, 5) is 4.36. The molecule has 0 bridgehead atoms. The number of hydrogen-bond donors (Lipinski definition) is 1. The van der Waals surface area contributed by atoms with E-state index in [2.05, 4.69) is 4.98 Å². The second kappa shape index (κ2) is 5.52. The SMILES string of the molecule is CCCN(C1CC1)S(=O)(=O)c1ccc(C(N)=S)nc1. The number of rotatable bonds is 6. The number of thiocarbonyl (C=S) groups is 1. The van der Waals surface area contributed by atoms with E-state index in [0.717, 1.165) is 19.3 Å². The summed E-state index contributed by atoms with van der Waals surface area (Å²) in [6.07, 6.45) is 4.01. The maximum atomic E-state index is 12.5. The summed E-state index contributed by atoms with van der Waals surface area (Å²) in [5.74, 6) is 0. The summed E-state index contributed by atoms with van der Waals surface area (Å²) in [6, 6.07) is 3.22. The van der Waals surface area contributed by atoms with E-state index in [0.29, 0.717) is 12.2 Å². The normalized spacial score (nSPS) is 15.7. The summed E-state index contributed by atoms with van der Waals surface area (Å²) in [5, 5.41) is 0. The van der Waals surface area contributed by atoms with Gasteiger partial charge in [0.15, 0.2) is 0 Å². The standard InChI is InChI=1S/C12H17N3O2S2/c1-2-7-15(9-3-4-9)19(16,17)10-5-6-11(12(13)18)14-8-10/h5-6,8-9H,2-4,7H2,1H3,(H2,13,18). The minimum atomic E-state index is -3.46. The molecule has 1 fully saturated rings. The molecule has 2 rings (SSSR count). The van der Waals surface area contributed by atoms with E-state index in [-0.39, 0.29) is 15.9 Å². The van der Waals surface area contributed by atoms with Gasteiger partial charge in [-0.3, -0.25) is 4.98 Å². The lowest BCUT2D eigenvalue weighted by atomic mass is 10.3. The van der Waals surface area contributed by atoms with Gasteiger partial charge < -0.3 is 5.73 Å². The van der Waals surface area contributed by atoms with Crippen LogP contribution in [0.3, 0.4) is 0 Å². The van der Waals surface area contributed by atoms with Crippen molar-refractivity contribution in [3.8, 4) is 0 Å². The summed E-state index contributed by atoms with van der Waals surface area (Å²) in [7, 11) is -3.46. The number of aromatic nitrogens is 1. The Balaban J connectivity index is 2.29. The molecule has 0 unspecified atom stereocenters. The van der Waals surface area contributed by atoms with Gasteiger partial charge in [-0.25, -0.2) is 8.42 Å². The van der Waals surface area contributed by atoms with Crippen molar-refractivity contribution in [3.63, 3.8) is 0 Å². The van der Waals surface area contributed by atoms with Gasteiger partial charge in [-0.2, -0.15) is 4.31 Å². The van der Waals surface area contributed by atoms with Gasteiger partial charge in [-0.15, -0.1) is 0 Å². The highest BCUT2D eigenvalue weighted by molar-refractivity contribution is 7.89. The third kappa shape index (κ3) is 3.10. The van der Waals surface area contributed by atoms with Crippen molar-refractivity contribution in [1.82, 2.24) is 9.29 Å². The smallest absolute Gasteiger partial charge is 0.244 e. The summed E-state index contributed by atoms with van der Waals surface area (Å²) < 4.78 is 26.6. The quantitative estimate of drug-likeness (QED) is 0.801. The predicted molar refractivity (Wildman–Crippen MR) is 77.3 cm³/mol. The molecule has 1 aliphatic carbocycles. The molecule has 1 aromatic rings. The van der Waals surface area contributed by atoms with Gasteiger partial charge in [-0.05, 0) is 31.4 Å². The van der Waals surface area contributed by atoms with Gasteiger partial charge in [0.1, 0.15) is 9.88 Å². The lowest BCUT2D eigenvalue weighted by Crippen LogP contribution is -2.34. The fourth-order valence-corrected chi connectivity index (χ4v) is 3.74. The third-order valence-electron chi connectivity index (χ3n) is 2.99. The lowest BCUT2D eigenvalue weighted by molar-refractivity contribution is 0.403. The molecule has 0 radical (unpaired) electrons. The van der Waals surface area contributed by atoms with Gasteiger partial charge in [0.05, 0.1) is 5.69 Å².